The Balaban J connectivity index is 2.20. The number of hydrogen-bond donors (Lipinski definition) is 1. The molecular weight excluding hydrogens is 168 g/mol. The third kappa shape index (κ3) is 1.16. The summed E-state index contributed by atoms with van der Waals surface area (Å²) in [5.74, 6) is -0.176. The van der Waals surface area contributed by atoms with Gasteiger partial charge in [-0.25, -0.2) is 0 Å². The first kappa shape index (κ1) is 8.97. The second-order valence-corrected chi connectivity index (χ2v) is 4.01. The zero-order valence-corrected chi connectivity index (χ0v) is 7.95. The van der Waals surface area contributed by atoms with Crippen LogP contribution < -0.4 is 5.73 Å². The van der Waals surface area contributed by atoms with E-state index < -0.39 is 0 Å². The van der Waals surface area contributed by atoms with E-state index in [1.165, 1.54) is 0 Å². The molecule has 2 fully saturated rings. The number of ether oxygens (including phenoxy) is 1. The van der Waals surface area contributed by atoms with Crippen LogP contribution >= 0.6 is 0 Å². The lowest BCUT2D eigenvalue weighted by molar-refractivity contribution is -0.127. The molecule has 1 amide bonds. The molecule has 0 unspecified atom stereocenters. The molecule has 0 aromatic heterocycles. The normalized spacial score (nSPS) is 39.3. The van der Waals surface area contributed by atoms with E-state index in [1.54, 1.807) is 7.11 Å². The molecule has 0 spiro atoms. The van der Waals surface area contributed by atoms with Crippen LogP contribution in [0.1, 0.15) is 19.3 Å². The van der Waals surface area contributed by atoms with Crippen molar-refractivity contribution in [2.75, 3.05) is 20.2 Å². The van der Waals surface area contributed by atoms with Crippen molar-refractivity contribution >= 4 is 5.91 Å². The van der Waals surface area contributed by atoms with E-state index in [1.807, 2.05) is 0 Å². The van der Waals surface area contributed by atoms with E-state index in [9.17, 15) is 4.79 Å². The summed E-state index contributed by atoms with van der Waals surface area (Å²) in [5, 5.41) is 0. The summed E-state index contributed by atoms with van der Waals surface area (Å²) in [6.45, 7) is 1.85. The van der Waals surface area contributed by atoms with Gasteiger partial charge in [0, 0.05) is 20.1 Å². The average Bonchev–Trinajstić information content (AvgIpc) is 2.58. The van der Waals surface area contributed by atoms with Crippen molar-refractivity contribution in [3.63, 3.8) is 0 Å². The van der Waals surface area contributed by atoms with Crippen molar-refractivity contribution in [1.29, 1.82) is 0 Å². The van der Waals surface area contributed by atoms with Gasteiger partial charge in [-0.05, 0) is 19.4 Å². The number of primary amides is 1. The van der Waals surface area contributed by atoms with Crippen LogP contribution in [-0.2, 0) is 9.53 Å². The molecule has 13 heavy (non-hydrogen) atoms. The van der Waals surface area contributed by atoms with E-state index >= 15 is 0 Å². The van der Waals surface area contributed by atoms with Crippen molar-refractivity contribution in [2.24, 2.45) is 5.73 Å². The monoisotopic (exact) mass is 184 g/mol. The molecule has 0 aromatic rings. The van der Waals surface area contributed by atoms with Gasteiger partial charge >= 0.3 is 0 Å². The average molecular weight is 184 g/mol. The number of nitrogens with zero attached hydrogens (tertiary/aromatic N) is 1. The minimum atomic E-state index is -0.374. The van der Waals surface area contributed by atoms with Crippen LogP contribution in [0.4, 0.5) is 0 Å². The van der Waals surface area contributed by atoms with Gasteiger partial charge in [-0.2, -0.15) is 0 Å². The maximum atomic E-state index is 11.4. The Morgan fingerprint density at radius 2 is 2.46 bits per heavy atom. The van der Waals surface area contributed by atoms with E-state index in [4.69, 9.17) is 10.5 Å². The molecular formula is C9H16N2O2. The van der Waals surface area contributed by atoms with Gasteiger partial charge in [-0.1, -0.05) is 0 Å². The van der Waals surface area contributed by atoms with Crippen LogP contribution in [0, 0.1) is 0 Å². The third-order valence-corrected chi connectivity index (χ3v) is 3.41. The lowest BCUT2D eigenvalue weighted by atomic mass is 9.93. The van der Waals surface area contributed by atoms with Crippen LogP contribution in [0.5, 0.6) is 0 Å². The summed E-state index contributed by atoms with van der Waals surface area (Å²) in [6, 6.07) is 0. The molecule has 0 aromatic carbocycles. The third-order valence-electron chi connectivity index (χ3n) is 3.41. The molecule has 0 aliphatic carbocycles. The maximum Gasteiger partial charge on any atom is 0.238 e. The van der Waals surface area contributed by atoms with Crippen molar-refractivity contribution in [3.05, 3.63) is 0 Å². The minimum Gasteiger partial charge on any atom is -0.380 e. The van der Waals surface area contributed by atoms with Gasteiger partial charge in [0.2, 0.25) is 5.91 Å². The SMILES string of the molecule is CO[C@H]1CN2CCC[C@]2(C(N)=O)C1. The Hall–Kier alpha value is -0.610. The number of carbonyl (C=O) groups is 1. The predicted octanol–water partition coefficient (Wildman–Crippen LogP) is -0.275. The van der Waals surface area contributed by atoms with E-state index in [0.717, 1.165) is 32.4 Å². The van der Waals surface area contributed by atoms with E-state index in [-0.39, 0.29) is 17.6 Å². The molecule has 2 rings (SSSR count). The van der Waals surface area contributed by atoms with Gasteiger partial charge in [0.1, 0.15) is 5.54 Å². The van der Waals surface area contributed by atoms with Gasteiger partial charge in [-0.3, -0.25) is 9.69 Å². The van der Waals surface area contributed by atoms with Gasteiger partial charge in [-0.15, -0.1) is 0 Å². The molecule has 0 bridgehead atoms. The zero-order chi connectivity index (χ0) is 9.47. The van der Waals surface area contributed by atoms with Gasteiger partial charge in [0.15, 0.2) is 0 Å². The number of nitrogens with two attached hydrogens (primary N) is 1. The summed E-state index contributed by atoms with van der Waals surface area (Å²) in [5.41, 5.74) is 5.08. The molecule has 2 N–H and O–H groups in total. The fraction of sp³-hybridized carbons (Fsp3) is 0.889. The Bertz CT molecular complexity index is 232. The predicted molar refractivity (Wildman–Crippen MR) is 48.1 cm³/mol. The second kappa shape index (κ2) is 2.96. The maximum absolute atomic E-state index is 11.4. The summed E-state index contributed by atoms with van der Waals surface area (Å²) in [4.78, 5) is 13.6. The Labute approximate surface area is 78.0 Å². The lowest BCUT2D eigenvalue weighted by Gasteiger charge is -2.27. The Morgan fingerprint density at radius 3 is 3.00 bits per heavy atom. The van der Waals surface area contributed by atoms with Crippen molar-refractivity contribution < 1.29 is 9.53 Å². The van der Waals surface area contributed by atoms with Crippen LogP contribution in [0.3, 0.4) is 0 Å². The molecule has 2 heterocycles. The van der Waals surface area contributed by atoms with Crippen molar-refractivity contribution in [1.82, 2.24) is 4.90 Å². The molecule has 4 nitrogen and oxygen atoms in total. The molecule has 2 aliphatic heterocycles. The highest BCUT2D eigenvalue weighted by Crippen LogP contribution is 2.39. The molecule has 2 saturated heterocycles. The van der Waals surface area contributed by atoms with E-state index in [2.05, 4.69) is 4.90 Å². The zero-order valence-electron chi connectivity index (χ0n) is 7.95. The van der Waals surface area contributed by atoms with Crippen LogP contribution in [0.2, 0.25) is 0 Å². The first-order chi connectivity index (χ1) is 6.19. The largest absolute Gasteiger partial charge is 0.380 e. The lowest BCUT2D eigenvalue weighted by Crippen LogP contribution is -2.49. The van der Waals surface area contributed by atoms with Crippen LogP contribution in [0.15, 0.2) is 0 Å². The number of carbonyl (C=O) groups excluding carboxylic acids is 1. The van der Waals surface area contributed by atoms with Crippen molar-refractivity contribution in [3.8, 4) is 0 Å². The summed E-state index contributed by atoms with van der Waals surface area (Å²) < 4.78 is 5.27. The molecule has 2 atom stereocenters. The summed E-state index contributed by atoms with van der Waals surface area (Å²) in [6.07, 6.45) is 2.95. The molecule has 74 valence electrons. The minimum absolute atomic E-state index is 0.176. The van der Waals surface area contributed by atoms with Gasteiger partial charge in [0.25, 0.3) is 0 Å². The topological polar surface area (TPSA) is 55.6 Å². The molecule has 0 saturated carbocycles. The molecule has 0 radical (unpaired) electrons. The first-order valence-corrected chi connectivity index (χ1v) is 4.77. The highest BCUT2D eigenvalue weighted by Gasteiger charge is 2.52. The fourth-order valence-electron chi connectivity index (χ4n) is 2.66. The molecule has 2 aliphatic rings. The standard InChI is InChI=1S/C9H16N2O2/c1-13-7-5-9(8(10)12)3-2-4-11(9)6-7/h7H,2-6H2,1H3,(H2,10,12)/t7-,9-/m1/s1. The number of hydrogen-bond acceptors (Lipinski definition) is 3. The Morgan fingerprint density at radius 1 is 1.69 bits per heavy atom. The quantitative estimate of drug-likeness (QED) is 0.642. The smallest absolute Gasteiger partial charge is 0.238 e. The second-order valence-electron chi connectivity index (χ2n) is 4.01. The van der Waals surface area contributed by atoms with Crippen LogP contribution in [0.25, 0.3) is 0 Å². The summed E-state index contributed by atoms with van der Waals surface area (Å²) >= 11 is 0. The van der Waals surface area contributed by atoms with Crippen molar-refractivity contribution in [2.45, 2.75) is 30.9 Å². The first-order valence-electron chi connectivity index (χ1n) is 4.77. The van der Waals surface area contributed by atoms with Gasteiger partial charge < -0.3 is 10.5 Å². The van der Waals surface area contributed by atoms with Gasteiger partial charge in [0.05, 0.1) is 6.10 Å². The van der Waals surface area contributed by atoms with E-state index in [0.29, 0.717) is 0 Å². The Kier molecular flexibility index (Phi) is 2.04. The highest BCUT2D eigenvalue weighted by atomic mass is 16.5. The number of fused-ring (bicyclic) bond motifs is 1. The number of rotatable bonds is 2. The summed E-state index contributed by atoms with van der Waals surface area (Å²) in [7, 11) is 1.70. The highest BCUT2D eigenvalue weighted by molar-refractivity contribution is 5.85. The fourth-order valence-corrected chi connectivity index (χ4v) is 2.66. The molecule has 4 heteroatoms. The van der Waals surface area contributed by atoms with Crippen LogP contribution in [-0.4, -0.2) is 42.6 Å². The number of methoxy groups -OCH3 is 1. The number of amides is 1.